The number of rotatable bonds is 6. The van der Waals surface area contributed by atoms with Gasteiger partial charge < -0.3 is 16.4 Å². The van der Waals surface area contributed by atoms with E-state index >= 15 is 0 Å². The number of nitrogens with one attached hydrogen (secondary N) is 2. The molecule has 5 atom stereocenters. The van der Waals surface area contributed by atoms with Crippen LogP contribution in [0.3, 0.4) is 0 Å². The van der Waals surface area contributed by atoms with Crippen molar-refractivity contribution in [2.75, 3.05) is 6.54 Å². The van der Waals surface area contributed by atoms with Gasteiger partial charge in [0.25, 0.3) is 0 Å². The molecule has 0 saturated heterocycles. The molecule has 1 fully saturated rings. The normalized spacial score (nSPS) is 28.0. The molecule has 0 spiro atoms. The van der Waals surface area contributed by atoms with Crippen LogP contribution in [0.15, 0.2) is 0 Å². The molecule has 2 unspecified atom stereocenters. The van der Waals surface area contributed by atoms with Crippen LogP contribution in [0.4, 0.5) is 0 Å². The van der Waals surface area contributed by atoms with Gasteiger partial charge >= 0.3 is 0 Å². The van der Waals surface area contributed by atoms with Crippen molar-refractivity contribution in [1.82, 2.24) is 10.6 Å². The van der Waals surface area contributed by atoms with E-state index in [-0.39, 0.29) is 23.8 Å². The van der Waals surface area contributed by atoms with Crippen LogP contribution in [0.5, 0.6) is 0 Å². The molecule has 4 N–H and O–H groups in total. The summed E-state index contributed by atoms with van der Waals surface area (Å²) in [6.45, 7) is 10.6. The third kappa shape index (κ3) is 5.59. The Kier molecular flexibility index (Phi) is 7.33. The van der Waals surface area contributed by atoms with Crippen LogP contribution in [-0.2, 0) is 9.59 Å². The number of hydrogen-bond acceptors (Lipinski definition) is 3. The summed E-state index contributed by atoms with van der Waals surface area (Å²) in [5, 5.41) is 5.81. The largest absolute Gasteiger partial charge is 0.354 e. The van der Waals surface area contributed by atoms with Gasteiger partial charge in [-0.15, -0.1) is 0 Å². The van der Waals surface area contributed by atoms with Crippen LogP contribution in [0, 0.1) is 23.7 Å². The van der Waals surface area contributed by atoms with Crippen molar-refractivity contribution in [3.05, 3.63) is 0 Å². The lowest BCUT2D eigenvalue weighted by molar-refractivity contribution is -0.129. The van der Waals surface area contributed by atoms with E-state index in [0.717, 1.165) is 12.8 Å². The molecule has 0 aromatic rings. The Morgan fingerprint density at radius 3 is 2.36 bits per heavy atom. The van der Waals surface area contributed by atoms with Gasteiger partial charge in [-0.3, -0.25) is 9.59 Å². The van der Waals surface area contributed by atoms with Crippen molar-refractivity contribution in [2.45, 2.75) is 66.0 Å². The van der Waals surface area contributed by atoms with E-state index in [0.29, 0.717) is 24.3 Å². The second-order valence-corrected chi connectivity index (χ2v) is 7.38. The van der Waals surface area contributed by atoms with Crippen molar-refractivity contribution >= 4 is 11.8 Å². The lowest BCUT2D eigenvalue weighted by atomic mass is 9.70. The molecule has 22 heavy (non-hydrogen) atoms. The molecule has 0 bridgehead atoms. The third-order valence-electron chi connectivity index (χ3n) is 4.74. The summed E-state index contributed by atoms with van der Waals surface area (Å²) in [6.07, 6.45) is 3.32. The van der Waals surface area contributed by atoms with Crippen molar-refractivity contribution < 1.29 is 9.59 Å². The highest BCUT2D eigenvalue weighted by Gasteiger charge is 2.35. The highest BCUT2D eigenvalue weighted by molar-refractivity contribution is 5.81. The Balaban J connectivity index is 2.50. The molecule has 2 amide bonds. The number of carbonyl (C=O) groups is 2. The summed E-state index contributed by atoms with van der Waals surface area (Å²) in [6, 6.07) is -0.636. The van der Waals surface area contributed by atoms with Crippen LogP contribution in [-0.4, -0.2) is 30.4 Å². The van der Waals surface area contributed by atoms with E-state index in [1.807, 2.05) is 6.92 Å². The summed E-state index contributed by atoms with van der Waals surface area (Å²) in [4.78, 5) is 24.1. The first kappa shape index (κ1) is 18.9. The second kappa shape index (κ2) is 8.51. The van der Waals surface area contributed by atoms with Gasteiger partial charge in [0.1, 0.15) is 0 Å². The van der Waals surface area contributed by atoms with Crippen LogP contribution in [0.1, 0.15) is 53.9 Å². The zero-order chi connectivity index (χ0) is 16.9. The Morgan fingerprint density at radius 1 is 1.18 bits per heavy atom. The topological polar surface area (TPSA) is 84.2 Å². The minimum absolute atomic E-state index is 0.0973. The monoisotopic (exact) mass is 311 g/mol. The molecule has 0 aromatic carbocycles. The molecule has 0 radical (unpaired) electrons. The van der Waals surface area contributed by atoms with Crippen molar-refractivity contribution in [1.29, 1.82) is 0 Å². The van der Waals surface area contributed by atoms with Gasteiger partial charge in [-0.05, 0) is 44.4 Å². The molecule has 5 heteroatoms. The van der Waals surface area contributed by atoms with Crippen molar-refractivity contribution in [2.24, 2.45) is 29.4 Å². The van der Waals surface area contributed by atoms with Crippen molar-refractivity contribution in [3.63, 3.8) is 0 Å². The Morgan fingerprint density at radius 2 is 1.82 bits per heavy atom. The number of hydrogen-bond donors (Lipinski definition) is 3. The maximum Gasteiger partial charge on any atom is 0.236 e. The molecule has 1 aliphatic rings. The van der Waals surface area contributed by atoms with Crippen molar-refractivity contribution in [3.8, 4) is 0 Å². The third-order valence-corrected chi connectivity index (χ3v) is 4.74. The fraction of sp³-hybridized carbons (Fsp3) is 0.882. The highest BCUT2D eigenvalue weighted by Crippen LogP contribution is 2.37. The van der Waals surface area contributed by atoms with Gasteiger partial charge in [0.2, 0.25) is 11.8 Å². The van der Waals surface area contributed by atoms with E-state index < -0.39 is 6.04 Å². The zero-order valence-corrected chi connectivity index (χ0v) is 14.7. The molecule has 1 rings (SSSR count). The molecule has 128 valence electrons. The molecular formula is C17H33N3O2. The molecule has 5 nitrogen and oxygen atoms in total. The van der Waals surface area contributed by atoms with Crippen LogP contribution >= 0.6 is 0 Å². The second-order valence-electron chi connectivity index (χ2n) is 7.38. The molecule has 1 aliphatic carbocycles. The van der Waals surface area contributed by atoms with E-state index in [9.17, 15) is 9.59 Å². The summed E-state index contributed by atoms with van der Waals surface area (Å²) in [5.41, 5.74) is 5.52. The summed E-state index contributed by atoms with van der Waals surface area (Å²) in [5.74, 6) is 1.64. The fourth-order valence-corrected chi connectivity index (χ4v) is 3.31. The molecule has 0 aliphatic heterocycles. The maximum atomic E-state index is 12.5. The van der Waals surface area contributed by atoms with Gasteiger partial charge in [0, 0.05) is 18.5 Å². The number of carbonyl (C=O) groups excluding carboxylic acids is 2. The Labute approximate surface area is 134 Å². The van der Waals surface area contributed by atoms with Crippen LogP contribution in [0.2, 0.25) is 0 Å². The fourth-order valence-electron chi connectivity index (χ4n) is 3.31. The minimum Gasteiger partial charge on any atom is -0.354 e. The van der Waals surface area contributed by atoms with Gasteiger partial charge in [-0.25, -0.2) is 0 Å². The first-order chi connectivity index (χ1) is 10.2. The summed E-state index contributed by atoms with van der Waals surface area (Å²) < 4.78 is 0. The predicted octanol–water partition coefficient (Wildman–Crippen LogP) is 1.66. The average molecular weight is 311 g/mol. The molecular weight excluding hydrogens is 278 g/mol. The van der Waals surface area contributed by atoms with E-state index in [2.05, 4.69) is 31.4 Å². The van der Waals surface area contributed by atoms with Gasteiger partial charge in [-0.2, -0.15) is 0 Å². The first-order valence-electron chi connectivity index (χ1n) is 8.56. The molecule has 1 saturated carbocycles. The maximum absolute atomic E-state index is 12.5. The summed E-state index contributed by atoms with van der Waals surface area (Å²) >= 11 is 0. The number of amides is 2. The van der Waals surface area contributed by atoms with E-state index in [1.54, 1.807) is 6.92 Å². The Bertz CT molecular complexity index is 382. The molecule has 0 heterocycles. The standard InChI is InChI=1S/C17H33N3O2/c1-10(2)14-7-6-11(3)8-15(14)17(22)19-9-12(4)20-16(21)13(5)18/h10-15H,6-9,18H2,1-5H3,(H,19,22)(H,20,21)/t11-,12?,13?,14+,15-/m1/s1. The van der Waals surface area contributed by atoms with E-state index in [1.165, 1.54) is 6.42 Å². The minimum atomic E-state index is -0.525. The van der Waals surface area contributed by atoms with Crippen LogP contribution in [0.25, 0.3) is 0 Å². The van der Waals surface area contributed by atoms with Crippen LogP contribution < -0.4 is 16.4 Å². The Hall–Kier alpha value is -1.10. The highest BCUT2D eigenvalue weighted by atomic mass is 16.2. The average Bonchev–Trinajstić information content (AvgIpc) is 2.44. The zero-order valence-electron chi connectivity index (χ0n) is 14.7. The van der Waals surface area contributed by atoms with Gasteiger partial charge in [-0.1, -0.05) is 27.2 Å². The first-order valence-corrected chi connectivity index (χ1v) is 8.56. The smallest absolute Gasteiger partial charge is 0.236 e. The van der Waals surface area contributed by atoms with Gasteiger partial charge in [0.05, 0.1) is 6.04 Å². The summed E-state index contributed by atoms with van der Waals surface area (Å²) in [7, 11) is 0. The lowest BCUT2D eigenvalue weighted by Gasteiger charge is -2.36. The quantitative estimate of drug-likeness (QED) is 0.697. The predicted molar refractivity (Wildman–Crippen MR) is 89.1 cm³/mol. The van der Waals surface area contributed by atoms with E-state index in [4.69, 9.17) is 5.73 Å². The lowest BCUT2D eigenvalue weighted by Crippen LogP contribution is -2.49. The number of nitrogens with two attached hydrogens (primary N) is 1. The van der Waals surface area contributed by atoms with Gasteiger partial charge in [0.15, 0.2) is 0 Å². The SMILES string of the molecule is CC(CNC(=O)[C@@H]1C[C@H](C)CC[C@H]1C(C)C)NC(=O)C(C)N. The molecule has 0 aromatic heterocycles.